The molecule has 1 N–H and O–H groups in total. The van der Waals surface area contributed by atoms with Crippen LogP contribution in [0.4, 0.5) is 14.9 Å². The van der Waals surface area contributed by atoms with Crippen molar-refractivity contribution in [2.24, 2.45) is 5.92 Å². The number of hydrogen-bond acceptors (Lipinski definition) is 7. The summed E-state index contributed by atoms with van der Waals surface area (Å²) in [5.74, 6) is 0.117. The molecule has 1 unspecified atom stereocenters. The lowest BCUT2D eigenvalue weighted by Gasteiger charge is -2.40. The van der Waals surface area contributed by atoms with Crippen LogP contribution in [-0.2, 0) is 21.1 Å². The number of nitrogens with zero attached hydrogens (tertiary/aromatic N) is 4. The van der Waals surface area contributed by atoms with Gasteiger partial charge in [-0.15, -0.1) is 11.3 Å². The Hall–Kier alpha value is -2.63. The summed E-state index contributed by atoms with van der Waals surface area (Å²) in [7, 11) is -1.40. The molecule has 12 heteroatoms. The summed E-state index contributed by atoms with van der Waals surface area (Å²) < 4.78 is 36.6. The fourth-order valence-electron chi connectivity index (χ4n) is 4.85. The number of carbonyl (C=O) groups excluding carboxylic acids is 1. The molecule has 8 nitrogen and oxygen atoms in total. The Morgan fingerprint density at radius 2 is 1.90 bits per heavy atom. The van der Waals surface area contributed by atoms with Gasteiger partial charge in [-0.25, -0.2) is 28.3 Å². The zero-order chi connectivity index (χ0) is 29.9. The monoisotopic (exact) mass is 621 g/mol. The van der Waals surface area contributed by atoms with E-state index in [0.717, 1.165) is 17.8 Å². The summed E-state index contributed by atoms with van der Waals surface area (Å²) in [6.45, 7) is 13.0. The minimum absolute atomic E-state index is 0.0861. The van der Waals surface area contributed by atoms with Crippen molar-refractivity contribution in [3.05, 3.63) is 46.6 Å². The highest BCUT2D eigenvalue weighted by Gasteiger charge is 2.39. The molecule has 1 fully saturated rings. The smallest absolute Gasteiger partial charge is 0.410 e. The molecule has 41 heavy (non-hydrogen) atoms. The van der Waals surface area contributed by atoms with Gasteiger partial charge < -0.3 is 14.4 Å². The first-order chi connectivity index (χ1) is 19.3. The van der Waals surface area contributed by atoms with Gasteiger partial charge in [-0.05, 0) is 75.8 Å². The molecule has 0 saturated carbocycles. The topological polar surface area (TPSA) is 97.3 Å². The van der Waals surface area contributed by atoms with Crippen LogP contribution in [0.1, 0.15) is 65.8 Å². The van der Waals surface area contributed by atoms with Crippen LogP contribution < -0.4 is 4.72 Å². The highest BCUT2D eigenvalue weighted by atomic mass is 35.5. The summed E-state index contributed by atoms with van der Waals surface area (Å²) in [5.41, 5.74) is 0.519. The third kappa shape index (κ3) is 7.42. The van der Waals surface area contributed by atoms with Gasteiger partial charge in [-0.1, -0.05) is 26.8 Å². The van der Waals surface area contributed by atoms with E-state index in [2.05, 4.69) is 28.5 Å². The van der Waals surface area contributed by atoms with Crippen molar-refractivity contribution in [1.82, 2.24) is 19.9 Å². The van der Waals surface area contributed by atoms with Crippen LogP contribution in [0.15, 0.2) is 30.5 Å². The molecule has 1 atom stereocenters. The maximum Gasteiger partial charge on any atom is 0.410 e. The molecule has 1 aromatic carbocycles. The van der Waals surface area contributed by atoms with Gasteiger partial charge in [0.15, 0.2) is 5.82 Å². The number of hydrogen-bond donors (Lipinski definition) is 1. The number of likely N-dealkylation sites (tertiary alicyclic amines) is 1. The predicted octanol–water partition coefficient (Wildman–Crippen LogP) is 7.47. The zero-order valence-electron chi connectivity index (χ0n) is 24.3. The fourth-order valence-corrected chi connectivity index (χ4v) is 7.10. The Bertz CT molecular complexity index is 1420. The summed E-state index contributed by atoms with van der Waals surface area (Å²) in [6, 6.07) is 6.69. The molecule has 0 spiro atoms. The van der Waals surface area contributed by atoms with Gasteiger partial charge in [0, 0.05) is 36.0 Å². The molecular formula is C29H37ClFN5O3S2. The number of rotatable bonds is 8. The average molecular weight is 622 g/mol. The Balaban J connectivity index is 1.68. The van der Waals surface area contributed by atoms with E-state index in [1.54, 1.807) is 35.4 Å². The first-order valence-electron chi connectivity index (χ1n) is 13.7. The number of carbonyl (C=O) groups is 1. The van der Waals surface area contributed by atoms with Crippen LogP contribution in [0.3, 0.4) is 0 Å². The van der Waals surface area contributed by atoms with Gasteiger partial charge in [0.05, 0.1) is 27.0 Å². The first-order valence-corrected chi connectivity index (χ1v) is 16.2. The maximum atomic E-state index is 15.9. The fraction of sp³-hybridized carbons (Fsp3) is 0.517. The lowest BCUT2D eigenvalue weighted by molar-refractivity contribution is 0.0154. The Kier molecular flexibility index (Phi) is 9.70. The minimum Gasteiger partial charge on any atom is -0.444 e. The molecule has 1 aliphatic heterocycles. The Labute approximate surface area is 252 Å². The Morgan fingerprint density at radius 1 is 1.20 bits per heavy atom. The van der Waals surface area contributed by atoms with Crippen molar-refractivity contribution >= 4 is 45.7 Å². The van der Waals surface area contributed by atoms with E-state index >= 15 is 4.39 Å². The van der Waals surface area contributed by atoms with Crippen LogP contribution in [0.25, 0.3) is 21.8 Å². The van der Waals surface area contributed by atoms with Crippen molar-refractivity contribution in [2.75, 3.05) is 23.6 Å². The number of anilines is 1. The lowest BCUT2D eigenvalue weighted by atomic mass is 9.74. The van der Waals surface area contributed by atoms with Crippen LogP contribution in [0.5, 0.6) is 0 Å². The molecule has 3 aromatic rings. The molecule has 1 aliphatic rings. The molecule has 0 bridgehead atoms. The summed E-state index contributed by atoms with van der Waals surface area (Å²) in [5, 5.41) is 0.920. The van der Waals surface area contributed by atoms with Crippen molar-refractivity contribution in [2.45, 2.75) is 71.8 Å². The van der Waals surface area contributed by atoms with E-state index in [1.807, 2.05) is 27.7 Å². The molecule has 3 heterocycles. The number of piperidine rings is 1. The molecule has 0 aliphatic carbocycles. The number of halogens is 2. The molecule has 0 radical (unpaired) electrons. The summed E-state index contributed by atoms with van der Waals surface area (Å²) in [6.07, 6.45) is 3.55. The zero-order valence-corrected chi connectivity index (χ0v) is 26.7. The number of benzene rings is 1. The van der Waals surface area contributed by atoms with E-state index in [9.17, 15) is 9.00 Å². The van der Waals surface area contributed by atoms with Crippen molar-refractivity contribution in [1.29, 1.82) is 0 Å². The van der Waals surface area contributed by atoms with E-state index in [4.69, 9.17) is 21.3 Å². The van der Waals surface area contributed by atoms with E-state index in [-0.39, 0.29) is 34.0 Å². The highest BCUT2D eigenvalue weighted by molar-refractivity contribution is 7.86. The Morgan fingerprint density at radius 3 is 2.54 bits per heavy atom. The van der Waals surface area contributed by atoms with Crippen molar-refractivity contribution < 1.29 is 18.1 Å². The molecule has 1 amide bonds. The summed E-state index contributed by atoms with van der Waals surface area (Å²) in [4.78, 5) is 28.5. The van der Waals surface area contributed by atoms with E-state index < -0.39 is 22.4 Å². The van der Waals surface area contributed by atoms with Crippen LogP contribution >= 0.6 is 22.9 Å². The summed E-state index contributed by atoms with van der Waals surface area (Å²) >= 11 is 7.59. The first kappa shape index (κ1) is 31.3. The number of amides is 1. The standard InChI is InChI=1S/C29H37ClFN5O3S2/c1-7-17-41(38)35-20-10-8-9-19(22(20)31)23-24(21-11-14-32-26(30)33-21)40-25(34-23)29(5,6)18-12-15-36(16-13-18)27(37)39-28(2,3)4/h8-11,14,18,35H,7,12-13,15-17H2,1-6H3. The van der Waals surface area contributed by atoms with Crippen molar-refractivity contribution in [3.63, 3.8) is 0 Å². The molecular weight excluding hydrogens is 585 g/mol. The minimum atomic E-state index is -1.40. The largest absolute Gasteiger partial charge is 0.444 e. The predicted molar refractivity (Wildman–Crippen MR) is 164 cm³/mol. The van der Waals surface area contributed by atoms with Gasteiger partial charge in [-0.2, -0.15) is 0 Å². The van der Waals surface area contributed by atoms with Crippen molar-refractivity contribution in [3.8, 4) is 21.8 Å². The van der Waals surface area contributed by atoms with Crippen LogP contribution in [0.2, 0.25) is 5.28 Å². The highest BCUT2D eigenvalue weighted by Crippen LogP contribution is 2.46. The van der Waals surface area contributed by atoms with Gasteiger partial charge in [-0.3, -0.25) is 0 Å². The molecule has 222 valence electrons. The van der Waals surface area contributed by atoms with E-state index in [1.165, 1.54) is 11.3 Å². The van der Waals surface area contributed by atoms with E-state index in [0.29, 0.717) is 41.5 Å². The second-order valence-corrected chi connectivity index (χ2v) is 14.3. The third-order valence-electron chi connectivity index (χ3n) is 7.07. The van der Waals surface area contributed by atoms with Gasteiger partial charge in [0.1, 0.15) is 16.6 Å². The van der Waals surface area contributed by atoms with Gasteiger partial charge >= 0.3 is 6.09 Å². The van der Waals surface area contributed by atoms with Gasteiger partial charge in [0.2, 0.25) is 5.28 Å². The molecule has 2 aromatic heterocycles. The maximum absolute atomic E-state index is 15.9. The molecule has 4 rings (SSSR count). The normalized spacial score (nSPS) is 15.6. The number of aromatic nitrogens is 3. The molecule has 1 saturated heterocycles. The quantitative estimate of drug-likeness (QED) is 0.262. The second kappa shape index (κ2) is 12.7. The van der Waals surface area contributed by atoms with Crippen LogP contribution in [0, 0.1) is 11.7 Å². The second-order valence-electron chi connectivity index (χ2n) is 11.7. The van der Waals surface area contributed by atoms with Crippen LogP contribution in [-0.4, -0.2) is 54.6 Å². The SMILES string of the molecule is CCCS(=O)Nc1cccc(-c2nc(C(C)(C)C3CCN(C(=O)OC(C)(C)C)CC3)sc2-c2ccnc(Cl)n2)c1F. The number of ether oxygens (including phenoxy) is 1. The number of thiazole rings is 1. The number of nitrogens with one attached hydrogen (secondary N) is 1. The third-order valence-corrected chi connectivity index (χ3v) is 9.90. The lowest BCUT2D eigenvalue weighted by Crippen LogP contribution is -2.45. The van der Waals surface area contributed by atoms with Gasteiger partial charge in [0.25, 0.3) is 0 Å². The average Bonchev–Trinajstić information content (AvgIpc) is 3.35.